The largest absolute Gasteiger partial charge is 0.508 e. The molecule has 8 heteroatoms. The van der Waals surface area contributed by atoms with E-state index in [2.05, 4.69) is 22.5 Å². The highest BCUT2D eigenvalue weighted by Crippen LogP contribution is 2.47. The smallest absolute Gasteiger partial charge is 0.272 e. The fraction of sp³-hybridized carbons (Fsp3) is 0.421. The van der Waals surface area contributed by atoms with Crippen LogP contribution in [0.5, 0.6) is 11.5 Å². The average Bonchev–Trinajstić information content (AvgIpc) is 3.52. The summed E-state index contributed by atoms with van der Waals surface area (Å²) in [6, 6.07) is 21.7. The molecule has 0 saturated heterocycles. The van der Waals surface area contributed by atoms with Crippen molar-refractivity contribution in [1.29, 1.82) is 0 Å². The fourth-order valence-electron chi connectivity index (χ4n) is 7.66. The topological polar surface area (TPSA) is 113 Å². The predicted molar refractivity (Wildman–Crippen MR) is 180 cm³/mol. The third kappa shape index (κ3) is 7.39. The van der Waals surface area contributed by atoms with Crippen molar-refractivity contribution in [2.75, 3.05) is 25.6 Å². The van der Waals surface area contributed by atoms with E-state index in [9.17, 15) is 14.7 Å². The third-order valence-electron chi connectivity index (χ3n) is 10.1. The maximum absolute atomic E-state index is 13.4. The Kier molecular flexibility index (Phi) is 9.93. The zero-order valence-corrected chi connectivity index (χ0v) is 26.8. The quantitative estimate of drug-likeness (QED) is 0.140. The minimum absolute atomic E-state index is 0.159. The molecule has 2 amide bonds. The Labute approximate surface area is 270 Å². The second kappa shape index (κ2) is 14.4. The van der Waals surface area contributed by atoms with Gasteiger partial charge in [0.05, 0.1) is 18.4 Å². The Bertz CT molecular complexity index is 1630. The molecule has 2 aliphatic rings. The number of ether oxygens (including phenoxy) is 2. The summed E-state index contributed by atoms with van der Waals surface area (Å²) in [5.41, 5.74) is 3.19. The molecule has 0 radical (unpaired) electrons. The SMILES string of the molecule is COC1CCC2C(CCCC2C(C)CNC(=O)c2ccc(NC(=O)c3cc4ccccc4[nH]3)c(OCCc3cccc(O)c3)c2)C1. The van der Waals surface area contributed by atoms with Crippen LogP contribution in [0.3, 0.4) is 0 Å². The van der Waals surface area contributed by atoms with Crippen LogP contribution in [0.25, 0.3) is 10.9 Å². The van der Waals surface area contributed by atoms with Gasteiger partial charge < -0.3 is 30.2 Å². The van der Waals surface area contributed by atoms with Crippen molar-refractivity contribution >= 4 is 28.4 Å². The number of carbonyl (C=O) groups is 2. The van der Waals surface area contributed by atoms with E-state index in [1.165, 1.54) is 25.7 Å². The lowest BCUT2D eigenvalue weighted by molar-refractivity contribution is -0.0146. The molecule has 46 heavy (non-hydrogen) atoms. The van der Waals surface area contributed by atoms with Crippen molar-refractivity contribution in [2.45, 2.75) is 58.0 Å². The van der Waals surface area contributed by atoms with Gasteiger partial charge >= 0.3 is 0 Å². The third-order valence-corrected chi connectivity index (χ3v) is 10.1. The summed E-state index contributed by atoms with van der Waals surface area (Å²) in [5.74, 6) is 2.57. The molecule has 2 saturated carbocycles. The summed E-state index contributed by atoms with van der Waals surface area (Å²) in [7, 11) is 1.83. The van der Waals surface area contributed by atoms with Crippen LogP contribution in [0, 0.1) is 23.7 Å². The molecule has 2 fully saturated rings. The summed E-state index contributed by atoms with van der Waals surface area (Å²) < 4.78 is 11.9. The molecule has 5 atom stereocenters. The molecule has 4 aromatic rings. The minimum atomic E-state index is -0.301. The van der Waals surface area contributed by atoms with Gasteiger partial charge in [0.15, 0.2) is 0 Å². The molecule has 0 aliphatic heterocycles. The molecule has 0 bridgehead atoms. The molecule has 0 spiro atoms. The van der Waals surface area contributed by atoms with Gasteiger partial charge in [-0.3, -0.25) is 9.59 Å². The van der Waals surface area contributed by atoms with Crippen molar-refractivity contribution in [3.8, 4) is 11.5 Å². The molecule has 1 heterocycles. The second-order valence-corrected chi connectivity index (χ2v) is 13.1. The molecule has 6 rings (SSSR count). The van der Waals surface area contributed by atoms with Crippen molar-refractivity contribution in [3.63, 3.8) is 0 Å². The van der Waals surface area contributed by atoms with Gasteiger partial charge in [-0.1, -0.05) is 50.1 Å². The number of carbonyl (C=O) groups excluding carboxylic acids is 2. The number of phenolic OH excluding ortho intramolecular Hbond substituents is 1. The standard InChI is InChI=1S/C38H45N3O5/c1-24(31-11-6-9-26-20-30(45-2)14-15-32(26)31)23-39-37(43)28-13-16-34(36(22-28)46-18-17-25-7-5-10-29(42)19-25)41-38(44)35-21-27-8-3-4-12-33(27)40-35/h3-5,7-8,10,12-13,16,19,21-22,24,26,30-32,40,42H,6,9,11,14-15,17-18,20,23H2,1-2H3,(H,39,43)(H,41,44). The Hall–Kier alpha value is -4.30. The van der Waals surface area contributed by atoms with Gasteiger partial charge in [0.25, 0.3) is 11.8 Å². The second-order valence-electron chi connectivity index (χ2n) is 13.1. The van der Waals surface area contributed by atoms with Crippen LogP contribution in [0.1, 0.15) is 71.9 Å². The first-order valence-corrected chi connectivity index (χ1v) is 16.6. The first-order chi connectivity index (χ1) is 22.4. The maximum Gasteiger partial charge on any atom is 0.272 e. The molecule has 1 aromatic heterocycles. The number of anilines is 1. The summed E-state index contributed by atoms with van der Waals surface area (Å²) in [4.78, 5) is 29.8. The highest BCUT2D eigenvalue weighted by molar-refractivity contribution is 6.07. The van der Waals surface area contributed by atoms with E-state index in [4.69, 9.17) is 9.47 Å². The lowest BCUT2D eigenvalue weighted by Crippen LogP contribution is -2.41. The lowest BCUT2D eigenvalue weighted by Gasteiger charge is -2.45. The van der Waals surface area contributed by atoms with E-state index in [-0.39, 0.29) is 17.6 Å². The van der Waals surface area contributed by atoms with E-state index < -0.39 is 0 Å². The van der Waals surface area contributed by atoms with Crippen LogP contribution >= 0.6 is 0 Å². The number of phenols is 1. The number of hydrogen-bond acceptors (Lipinski definition) is 5. The lowest BCUT2D eigenvalue weighted by atomic mass is 9.62. The highest BCUT2D eigenvalue weighted by atomic mass is 16.5. The summed E-state index contributed by atoms with van der Waals surface area (Å²) >= 11 is 0. The minimum Gasteiger partial charge on any atom is -0.508 e. The van der Waals surface area contributed by atoms with Crippen LogP contribution in [0.15, 0.2) is 72.8 Å². The van der Waals surface area contributed by atoms with Gasteiger partial charge in [0.2, 0.25) is 0 Å². The van der Waals surface area contributed by atoms with E-state index in [1.807, 2.05) is 43.5 Å². The summed E-state index contributed by atoms with van der Waals surface area (Å²) in [5, 5.41) is 16.9. The van der Waals surface area contributed by atoms with Crippen LogP contribution in [0.2, 0.25) is 0 Å². The Morgan fingerprint density at radius 2 is 1.85 bits per heavy atom. The number of benzene rings is 3. The number of hydrogen-bond donors (Lipinski definition) is 4. The van der Waals surface area contributed by atoms with Gasteiger partial charge in [-0.15, -0.1) is 0 Å². The number of aromatic hydroxyl groups is 1. The average molecular weight is 624 g/mol. The van der Waals surface area contributed by atoms with Gasteiger partial charge in [-0.05, 0) is 97.4 Å². The molecule has 3 aromatic carbocycles. The number of rotatable bonds is 11. The zero-order valence-electron chi connectivity index (χ0n) is 26.8. The van der Waals surface area contributed by atoms with Crippen molar-refractivity contribution < 1.29 is 24.2 Å². The molecule has 4 N–H and O–H groups in total. The number of H-pyrrole nitrogens is 1. The number of para-hydroxylation sites is 1. The van der Waals surface area contributed by atoms with Gasteiger partial charge in [0, 0.05) is 36.5 Å². The van der Waals surface area contributed by atoms with Gasteiger partial charge in [-0.2, -0.15) is 0 Å². The molecule has 8 nitrogen and oxygen atoms in total. The van der Waals surface area contributed by atoms with Crippen molar-refractivity contribution in [1.82, 2.24) is 10.3 Å². The Morgan fingerprint density at radius 3 is 2.67 bits per heavy atom. The number of fused-ring (bicyclic) bond motifs is 2. The van der Waals surface area contributed by atoms with Gasteiger partial charge in [-0.25, -0.2) is 0 Å². The summed E-state index contributed by atoms with van der Waals surface area (Å²) in [6.07, 6.45) is 8.19. The monoisotopic (exact) mass is 623 g/mol. The zero-order chi connectivity index (χ0) is 32.0. The number of nitrogens with one attached hydrogen (secondary N) is 3. The van der Waals surface area contributed by atoms with Crippen LogP contribution in [-0.4, -0.2) is 48.3 Å². The number of aromatic nitrogens is 1. The van der Waals surface area contributed by atoms with E-state index >= 15 is 0 Å². The van der Waals surface area contributed by atoms with Crippen LogP contribution in [-0.2, 0) is 11.2 Å². The highest BCUT2D eigenvalue weighted by Gasteiger charge is 2.40. The normalized spacial score (nSPS) is 21.7. The van der Waals surface area contributed by atoms with Crippen molar-refractivity contribution in [3.05, 3.63) is 89.6 Å². The first kappa shape index (κ1) is 31.7. The Balaban J connectivity index is 1.13. The number of methoxy groups -OCH3 is 1. The van der Waals surface area contributed by atoms with Crippen LogP contribution < -0.4 is 15.4 Å². The molecule has 2 aliphatic carbocycles. The molecule has 242 valence electrons. The number of amides is 2. The number of aromatic amines is 1. The van der Waals surface area contributed by atoms with Crippen molar-refractivity contribution in [2.24, 2.45) is 23.7 Å². The predicted octanol–water partition coefficient (Wildman–Crippen LogP) is 7.34. The van der Waals surface area contributed by atoms with E-state index in [0.717, 1.165) is 35.2 Å². The van der Waals surface area contributed by atoms with Crippen LogP contribution in [0.4, 0.5) is 5.69 Å². The summed E-state index contributed by atoms with van der Waals surface area (Å²) in [6.45, 7) is 3.19. The maximum atomic E-state index is 13.4. The molecule has 5 unspecified atom stereocenters. The molecular formula is C38H45N3O5. The Morgan fingerprint density at radius 1 is 0.978 bits per heavy atom. The fourth-order valence-corrected chi connectivity index (χ4v) is 7.66. The van der Waals surface area contributed by atoms with Gasteiger partial charge in [0.1, 0.15) is 17.2 Å². The first-order valence-electron chi connectivity index (χ1n) is 16.6. The van der Waals surface area contributed by atoms with E-state index in [1.54, 1.807) is 36.4 Å². The van der Waals surface area contributed by atoms with E-state index in [0.29, 0.717) is 66.1 Å². The molecular weight excluding hydrogens is 578 g/mol.